The van der Waals surface area contributed by atoms with Gasteiger partial charge in [0.05, 0.1) is 0 Å². The molecule has 0 aliphatic heterocycles. The first-order valence-electron chi connectivity index (χ1n) is 9.04. The summed E-state index contributed by atoms with van der Waals surface area (Å²) in [5.74, 6) is 0.0654. The summed E-state index contributed by atoms with van der Waals surface area (Å²) in [5, 5.41) is 0. The number of amides is 2. The molecule has 1 aromatic carbocycles. The zero-order valence-electron chi connectivity index (χ0n) is 17.0. The van der Waals surface area contributed by atoms with Gasteiger partial charge in [-0.25, -0.2) is 4.79 Å². The Balaban J connectivity index is 2.57. The minimum atomic E-state index is -0.516. The van der Waals surface area contributed by atoms with Crippen LogP contribution in [0, 0.1) is 0 Å². The van der Waals surface area contributed by atoms with Crippen LogP contribution < -0.4 is 4.90 Å². The van der Waals surface area contributed by atoms with Crippen molar-refractivity contribution in [1.29, 1.82) is 0 Å². The normalized spacial score (nSPS) is 11.3. The highest BCUT2D eigenvalue weighted by atomic mass is 16.6. The molecule has 1 rings (SSSR count). The number of likely N-dealkylation sites (N-methyl/N-ethyl adjacent to an activating group) is 1. The first-order valence-corrected chi connectivity index (χ1v) is 9.04. The van der Waals surface area contributed by atoms with Gasteiger partial charge in [-0.2, -0.15) is 0 Å². The second kappa shape index (κ2) is 10.2. The molecule has 0 spiro atoms. The first-order chi connectivity index (χ1) is 12.1. The van der Waals surface area contributed by atoms with Gasteiger partial charge in [0.1, 0.15) is 5.60 Å². The molecule has 0 aromatic heterocycles. The van der Waals surface area contributed by atoms with Crippen molar-refractivity contribution >= 4 is 17.7 Å². The maximum absolute atomic E-state index is 12.7. The van der Waals surface area contributed by atoms with Crippen LogP contribution in [0.4, 0.5) is 10.5 Å². The number of para-hydroxylation sites is 1. The summed E-state index contributed by atoms with van der Waals surface area (Å²) in [5.41, 5.74) is 0.386. The van der Waals surface area contributed by atoms with Crippen molar-refractivity contribution in [2.24, 2.45) is 0 Å². The van der Waals surface area contributed by atoms with Gasteiger partial charge in [0.25, 0.3) is 0 Å². The number of anilines is 1. The Kier molecular flexibility index (Phi) is 8.58. The summed E-state index contributed by atoms with van der Waals surface area (Å²) in [6, 6.07) is 9.69. The van der Waals surface area contributed by atoms with E-state index in [-0.39, 0.29) is 12.0 Å². The Morgan fingerprint density at radius 1 is 0.962 bits per heavy atom. The summed E-state index contributed by atoms with van der Waals surface area (Å²) in [6.45, 7) is 7.42. The van der Waals surface area contributed by atoms with Crippen molar-refractivity contribution in [2.45, 2.75) is 39.2 Å². The molecule has 146 valence electrons. The molecule has 26 heavy (non-hydrogen) atoms. The molecule has 0 aliphatic rings. The number of hydrogen-bond donors (Lipinski definition) is 0. The summed E-state index contributed by atoms with van der Waals surface area (Å²) in [7, 11) is 5.67. The fourth-order valence-electron chi connectivity index (χ4n) is 2.34. The molecule has 0 saturated heterocycles. The molecule has 0 unspecified atom stereocenters. The SMILES string of the molecule is CN(C)CCN(C(=O)CCCN(C)C(=O)OC(C)(C)C)c1ccccc1. The molecule has 0 aliphatic carbocycles. The van der Waals surface area contributed by atoms with Crippen molar-refractivity contribution in [2.75, 3.05) is 45.7 Å². The van der Waals surface area contributed by atoms with Gasteiger partial charge in [0.2, 0.25) is 5.91 Å². The molecule has 0 heterocycles. The van der Waals surface area contributed by atoms with Gasteiger partial charge in [-0.3, -0.25) is 4.79 Å². The van der Waals surface area contributed by atoms with Gasteiger partial charge in [0.15, 0.2) is 0 Å². The third kappa shape index (κ3) is 8.34. The topological polar surface area (TPSA) is 53.1 Å². The summed E-state index contributed by atoms with van der Waals surface area (Å²) >= 11 is 0. The van der Waals surface area contributed by atoms with Gasteiger partial charge in [-0.15, -0.1) is 0 Å². The van der Waals surface area contributed by atoms with E-state index in [4.69, 9.17) is 4.74 Å². The molecule has 6 heteroatoms. The molecule has 0 atom stereocenters. The molecule has 0 N–H and O–H groups in total. The van der Waals surface area contributed by atoms with Crippen LogP contribution in [0.5, 0.6) is 0 Å². The Labute approximate surface area is 157 Å². The number of nitrogens with zero attached hydrogens (tertiary/aromatic N) is 3. The Morgan fingerprint density at radius 2 is 1.58 bits per heavy atom. The Hall–Kier alpha value is -2.08. The van der Waals surface area contributed by atoms with E-state index in [0.717, 1.165) is 12.2 Å². The fraction of sp³-hybridized carbons (Fsp3) is 0.600. The van der Waals surface area contributed by atoms with Crippen LogP contribution in [-0.2, 0) is 9.53 Å². The molecule has 0 saturated carbocycles. The van der Waals surface area contributed by atoms with E-state index in [1.54, 1.807) is 7.05 Å². The average molecular weight is 364 g/mol. The molecule has 0 radical (unpaired) electrons. The van der Waals surface area contributed by atoms with E-state index in [9.17, 15) is 9.59 Å². The second-order valence-electron chi connectivity index (χ2n) is 7.69. The van der Waals surface area contributed by atoms with E-state index in [1.165, 1.54) is 4.90 Å². The van der Waals surface area contributed by atoms with E-state index >= 15 is 0 Å². The van der Waals surface area contributed by atoms with Gasteiger partial charge < -0.3 is 19.4 Å². The quantitative estimate of drug-likeness (QED) is 0.712. The average Bonchev–Trinajstić information content (AvgIpc) is 2.54. The third-order valence-corrected chi connectivity index (χ3v) is 3.73. The molecule has 2 amide bonds. The predicted molar refractivity (Wildman–Crippen MR) is 105 cm³/mol. The Morgan fingerprint density at radius 3 is 2.12 bits per heavy atom. The lowest BCUT2D eigenvalue weighted by Gasteiger charge is -2.26. The third-order valence-electron chi connectivity index (χ3n) is 3.73. The first kappa shape index (κ1) is 22.0. The van der Waals surface area contributed by atoms with Gasteiger partial charge in [0, 0.05) is 38.8 Å². The van der Waals surface area contributed by atoms with Gasteiger partial charge >= 0.3 is 6.09 Å². The minimum absolute atomic E-state index is 0.0654. The van der Waals surface area contributed by atoms with Crippen molar-refractivity contribution in [1.82, 2.24) is 9.80 Å². The molecular formula is C20H33N3O3. The van der Waals surface area contributed by atoms with E-state index in [1.807, 2.05) is 70.1 Å². The number of hydrogen-bond acceptors (Lipinski definition) is 4. The predicted octanol–water partition coefficient (Wildman–Crippen LogP) is 3.23. The van der Waals surface area contributed by atoms with Crippen molar-refractivity contribution in [3.05, 3.63) is 30.3 Å². The number of rotatable bonds is 8. The minimum Gasteiger partial charge on any atom is -0.444 e. The lowest BCUT2D eigenvalue weighted by atomic mass is 10.2. The largest absolute Gasteiger partial charge is 0.444 e. The highest BCUT2D eigenvalue weighted by Crippen LogP contribution is 2.15. The highest BCUT2D eigenvalue weighted by Gasteiger charge is 2.20. The summed E-state index contributed by atoms with van der Waals surface area (Å²) in [6.07, 6.45) is 0.618. The van der Waals surface area contributed by atoms with E-state index in [0.29, 0.717) is 25.9 Å². The number of ether oxygens (including phenoxy) is 1. The van der Waals surface area contributed by atoms with Crippen LogP contribution >= 0.6 is 0 Å². The van der Waals surface area contributed by atoms with Crippen molar-refractivity contribution in [3.8, 4) is 0 Å². The molecule has 1 aromatic rings. The molecular weight excluding hydrogens is 330 g/mol. The fourth-order valence-corrected chi connectivity index (χ4v) is 2.34. The van der Waals surface area contributed by atoms with E-state index < -0.39 is 5.60 Å². The van der Waals surface area contributed by atoms with Crippen LogP contribution in [0.3, 0.4) is 0 Å². The lowest BCUT2D eigenvalue weighted by Crippen LogP contribution is -2.38. The standard InChI is InChI=1S/C20H33N3O3/c1-20(2,3)26-19(25)22(6)14-10-13-18(24)23(16-15-21(4)5)17-11-8-7-9-12-17/h7-9,11-12H,10,13-16H2,1-6H3. The van der Waals surface area contributed by atoms with Gasteiger partial charge in [-0.05, 0) is 53.4 Å². The number of benzene rings is 1. The van der Waals surface area contributed by atoms with Gasteiger partial charge in [-0.1, -0.05) is 18.2 Å². The number of carbonyl (C=O) groups is 2. The maximum atomic E-state index is 12.7. The molecule has 6 nitrogen and oxygen atoms in total. The monoisotopic (exact) mass is 363 g/mol. The van der Waals surface area contributed by atoms with Crippen LogP contribution in [-0.4, -0.2) is 68.2 Å². The zero-order valence-corrected chi connectivity index (χ0v) is 17.0. The maximum Gasteiger partial charge on any atom is 0.410 e. The van der Waals surface area contributed by atoms with E-state index in [2.05, 4.69) is 4.90 Å². The second-order valence-corrected chi connectivity index (χ2v) is 7.69. The zero-order chi connectivity index (χ0) is 19.7. The molecule has 0 bridgehead atoms. The van der Waals surface area contributed by atoms with Crippen molar-refractivity contribution < 1.29 is 14.3 Å². The summed E-state index contributed by atoms with van der Waals surface area (Å²) < 4.78 is 5.32. The van der Waals surface area contributed by atoms with Crippen LogP contribution in [0.2, 0.25) is 0 Å². The molecule has 0 fully saturated rings. The number of carbonyl (C=O) groups excluding carboxylic acids is 2. The van der Waals surface area contributed by atoms with Crippen molar-refractivity contribution in [3.63, 3.8) is 0 Å². The van der Waals surface area contributed by atoms with Crippen LogP contribution in [0.1, 0.15) is 33.6 Å². The van der Waals surface area contributed by atoms with Crippen LogP contribution in [0.15, 0.2) is 30.3 Å². The van der Waals surface area contributed by atoms with Crippen LogP contribution in [0.25, 0.3) is 0 Å². The smallest absolute Gasteiger partial charge is 0.410 e. The highest BCUT2D eigenvalue weighted by molar-refractivity contribution is 5.93. The lowest BCUT2D eigenvalue weighted by molar-refractivity contribution is -0.118. The Bertz CT molecular complexity index is 567. The summed E-state index contributed by atoms with van der Waals surface area (Å²) in [4.78, 5) is 30.1.